The van der Waals surface area contributed by atoms with E-state index in [-0.39, 0.29) is 11.9 Å². The van der Waals surface area contributed by atoms with Crippen LogP contribution in [0, 0.1) is 0 Å². The van der Waals surface area contributed by atoms with Gasteiger partial charge >= 0.3 is 0 Å². The number of H-pyrrole nitrogens is 1. The molecule has 3 aromatic rings. The summed E-state index contributed by atoms with van der Waals surface area (Å²) >= 11 is 0. The predicted molar refractivity (Wildman–Crippen MR) is 92.7 cm³/mol. The van der Waals surface area contributed by atoms with Crippen molar-refractivity contribution in [3.63, 3.8) is 0 Å². The number of amides is 1. The highest BCUT2D eigenvalue weighted by molar-refractivity contribution is 5.98. The number of anilines is 1. The number of nitrogens with one attached hydrogen (secondary N) is 2. The highest BCUT2D eigenvalue weighted by atomic mass is 16.2. The van der Waals surface area contributed by atoms with Crippen molar-refractivity contribution in [3.8, 4) is 0 Å². The number of hydrogen-bond acceptors (Lipinski definition) is 5. The Balaban J connectivity index is 1.79. The maximum absolute atomic E-state index is 12.7. The lowest BCUT2D eigenvalue weighted by Crippen LogP contribution is -2.28. The molecule has 7 heteroatoms. The molecule has 124 valence electrons. The maximum Gasteiger partial charge on any atom is 0.257 e. The van der Waals surface area contributed by atoms with E-state index < -0.39 is 0 Å². The molecule has 1 amide bonds. The third-order valence-corrected chi connectivity index (χ3v) is 3.55. The van der Waals surface area contributed by atoms with Gasteiger partial charge in [-0.1, -0.05) is 12.1 Å². The molecule has 24 heavy (non-hydrogen) atoms. The van der Waals surface area contributed by atoms with Crippen LogP contribution in [0.3, 0.4) is 0 Å². The number of carbonyl (C=O) groups excluding carboxylic acids is 1. The third-order valence-electron chi connectivity index (χ3n) is 3.55. The lowest BCUT2D eigenvalue weighted by molar-refractivity contribution is 0.0782. The predicted octanol–water partition coefficient (Wildman–Crippen LogP) is 2.45. The van der Waals surface area contributed by atoms with E-state index in [2.05, 4.69) is 25.5 Å². The van der Waals surface area contributed by atoms with Crippen LogP contribution in [-0.2, 0) is 6.54 Å². The number of benzene rings is 1. The fraction of sp³-hybridized carbons (Fsp3) is 0.294. The number of nitrogens with zero attached hydrogens (tertiary/aromatic N) is 4. The largest absolute Gasteiger partial charge is 0.366 e. The van der Waals surface area contributed by atoms with Gasteiger partial charge in [0.15, 0.2) is 5.82 Å². The molecule has 0 bridgehead atoms. The Morgan fingerprint density at radius 2 is 2.08 bits per heavy atom. The maximum atomic E-state index is 12.7. The fourth-order valence-electron chi connectivity index (χ4n) is 2.47. The second-order valence-electron chi connectivity index (χ2n) is 5.95. The number of carbonyl (C=O) groups is 1. The van der Waals surface area contributed by atoms with Crippen molar-refractivity contribution >= 4 is 22.8 Å². The van der Waals surface area contributed by atoms with Crippen LogP contribution in [0.4, 0.5) is 5.82 Å². The molecule has 0 unspecified atom stereocenters. The van der Waals surface area contributed by atoms with E-state index in [4.69, 9.17) is 0 Å². The molecule has 0 spiro atoms. The van der Waals surface area contributed by atoms with Crippen molar-refractivity contribution in [2.45, 2.75) is 26.4 Å². The van der Waals surface area contributed by atoms with Crippen LogP contribution < -0.4 is 5.32 Å². The number of rotatable bonds is 5. The summed E-state index contributed by atoms with van der Waals surface area (Å²) in [5.74, 6) is 1.11. The normalized spacial score (nSPS) is 11.0. The summed E-state index contributed by atoms with van der Waals surface area (Å²) in [5, 5.41) is 11.0. The number of aromatic nitrogens is 4. The fourth-order valence-corrected chi connectivity index (χ4v) is 2.47. The molecular formula is C17H20N6O. The highest BCUT2D eigenvalue weighted by Gasteiger charge is 2.18. The second-order valence-corrected chi connectivity index (χ2v) is 5.95. The van der Waals surface area contributed by atoms with Crippen LogP contribution in [0.2, 0.25) is 0 Å². The lowest BCUT2D eigenvalue weighted by atomic mass is 10.2. The van der Waals surface area contributed by atoms with Gasteiger partial charge in [-0.3, -0.25) is 4.79 Å². The molecule has 1 aromatic carbocycles. The molecule has 0 radical (unpaired) electrons. The van der Waals surface area contributed by atoms with E-state index >= 15 is 0 Å². The number of hydrogen-bond donors (Lipinski definition) is 2. The number of para-hydroxylation sites is 2. The van der Waals surface area contributed by atoms with Crippen LogP contribution in [0.1, 0.15) is 30.0 Å². The van der Waals surface area contributed by atoms with Gasteiger partial charge in [0.2, 0.25) is 0 Å². The minimum atomic E-state index is -0.131. The summed E-state index contributed by atoms with van der Waals surface area (Å²) < 4.78 is 0. The first-order chi connectivity index (χ1) is 11.5. The lowest BCUT2D eigenvalue weighted by Gasteiger charge is -2.18. The molecule has 7 nitrogen and oxygen atoms in total. The van der Waals surface area contributed by atoms with Gasteiger partial charge in [0, 0.05) is 13.1 Å². The topological polar surface area (TPSA) is 86.8 Å². The number of imidazole rings is 1. The van der Waals surface area contributed by atoms with Crippen molar-refractivity contribution in [1.82, 2.24) is 25.1 Å². The number of fused-ring (bicyclic) bond motifs is 1. The molecule has 0 fully saturated rings. The van der Waals surface area contributed by atoms with Crippen LogP contribution in [0.25, 0.3) is 11.0 Å². The summed E-state index contributed by atoms with van der Waals surface area (Å²) in [6, 6.07) is 9.63. The first-order valence-corrected chi connectivity index (χ1v) is 7.82. The Morgan fingerprint density at radius 1 is 1.29 bits per heavy atom. The van der Waals surface area contributed by atoms with Crippen LogP contribution in [0.15, 0.2) is 36.5 Å². The Kier molecular flexibility index (Phi) is 4.41. The summed E-state index contributed by atoms with van der Waals surface area (Å²) in [7, 11) is 1.75. The summed E-state index contributed by atoms with van der Waals surface area (Å²) in [5.41, 5.74) is 2.35. The molecule has 0 aliphatic heterocycles. The number of aromatic amines is 1. The monoisotopic (exact) mass is 324 g/mol. The summed E-state index contributed by atoms with van der Waals surface area (Å²) in [6.07, 6.45) is 1.52. The zero-order chi connectivity index (χ0) is 17.1. The Morgan fingerprint density at radius 3 is 2.83 bits per heavy atom. The third kappa shape index (κ3) is 3.34. The Labute approximate surface area is 140 Å². The van der Waals surface area contributed by atoms with Crippen LogP contribution in [-0.4, -0.2) is 44.1 Å². The SMILES string of the molecule is CC(C)Nc1nnccc1C(=O)N(C)Cc1nc2ccccc2[nH]1. The van der Waals surface area contributed by atoms with Crippen molar-refractivity contribution < 1.29 is 4.79 Å². The van der Waals surface area contributed by atoms with Gasteiger partial charge in [0.25, 0.3) is 5.91 Å². The first kappa shape index (κ1) is 15.9. The van der Waals surface area contributed by atoms with Gasteiger partial charge in [0.1, 0.15) is 5.82 Å². The minimum absolute atomic E-state index is 0.131. The quantitative estimate of drug-likeness (QED) is 0.753. The van der Waals surface area contributed by atoms with Crippen molar-refractivity contribution in [3.05, 3.63) is 47.9 Å². The van der Waals surface area contributed by atoms with Crippen molar-refractivity contribution in [1.29, 1.82) is 0 Å². The zero-order valence-electron chi connectivity index (χ0n) is 13.9. The van der Waals surface area contributed by atoms with E-state index in [0.29, 0.717) is 17.9 Å². The van der Waals surface area contributed by atoms with Crippen molar-refractivity contribution in [2.75, 3.05) is 12.4 Å². The van der Waals surface area contributed by atoms with Gasteiger partial charge < -0.3 is 15.2 Å². The molecule has 0 atom stereocenters. The molecular weight excluding hydrogens is 304 g/mol. The van der Waals surface area contributed by atoms with E-state index in [0.717, 1.165) is 16.9 Å². The molecule has 2 aromatic heterocycles. The standard InChI is InChI=1S/C17H20N6O/c1-11(2)19-16-12(8-9-18-22-16)17(24)23(3)10-15-20-13-6-4-5-7-14(13)21-15/h4-9,11H,10H2,1-3H3,(H,19,22)(H,20,21). The molecule has 2 heterocycles. The molecule has 0 saturated carbocycles. The minimum Gasteiger partial charge on any atom is -0.366 e. The molecule has 2 N–H and O–H groups in total. The van der Waals surface area contributed by atoms with E-state index in [1.807, 2.05) is 38.1 Å². The first-order valence-electron chi connectivity index (χ1n) is 7.82. The Bertz CT molecular complexity index is 824. The van der Waals surface area contributed by atoms with Crippen LogP contribution >= 0.6 is 0 Å². The van der Waals surface area contributed by atoms with Gasteiger partial charge in [-0.25, -0.2) is 4.98 Å². The molecule has 0 saturated heterocycles. The van der Waals surface area contributed by atoms with Crippen LogP contribution in [0.5, 0.6) is 0 Å². The smallest absolute Gasteiger partial charge is 0.257 e. The Hall–Kier alpha value is -2.96. The van der Waals surface area contributed by atoms with Gasteiger partial charge in [0.05, 0.1) is 29.3 Å². The average molecular weight is 324 g/mol. The summed E-state index contributed by atoms with van der Waals surface area (Å²) in [4.78, 5) is 22.1. The van der Waals surface area contributed by atoms with Crippen molar-refractivity contribution in [2.24, 2.45) is 0 Å². The van der Waals surface area contributed by atoms with Gasteiger partial charge in [-0.05, 0) is 32.0 Å². The average Bonchev–Trinajstić information content (AvgIpc) is 2.96. The molecule has 0 aliphatic carbocycles. The summed E-state index contributed by atoms with van der Waals surface area (Å²) in [6.45, 7) is 4.36. The second kappa shape index (κ2) is 6.66. The molecule has 0 aliphatic rings. The van der Waals surface area contributed by atoms with Gasteiger partial charge in [-0.15, -0.1) is 5.10 Å². The molecule has 3 rings (SSSR count). The zero-order valence-corrected chi connectivity index (χ0v) is 13.9. The van der Waals surface area contributed by atoms with E-state index in [1.165, 1.54) is 6.20 Å². The van der Waals surface area contributed by atoms with E-state index in [9.17, 15) is 4.79 Å². The highest BCUT2D eigenvalue weighted by Crippen LogP contribution is 2.16. The van der Waals surface area contributed by atoms with E-state index in [1.54, 1.807) is 18.0 Å². The van der Waals surface area contributed by atoms with Gasteiger partial charge in [-0.2, -0.15) is 5.10 Å².